The molecule has 0 aromatic carbocycles. The Morgan fingerprint density at radius 1 is 1.53 bits per heavy atom. The van der Waals surface area contributed by atoms with Gasteiger partial charge in [0.2, 0.25) is 0 Å². The monoisotopic (exact) mass is 244 g/mol. The molecule has 98 valence electrons. The van der Waals surface area contributed by atoms with E-state index in [2.05, 4.69) is 0 Å². The van der Waals surface area contributed by atoms with Gasteiger partial charge in [-0.05, 0) is 20.3 Å². The third-order valence-electron chi connectivity index (χ3n) is 3.12. The molecule has 1 fully saturated rings. The predicted molar refractivity (Wildman–Crippen MR) is 61.6 cm³/mol. The van der Waals surface area contributed by atoms with Crippen LogP contribution in [-0.4, -0.2) is 64.8 Å². The maximum Gasteiger partial charge on any atom is 0.319 e. The normalized spacial score (nSPS) is 25.8. The number of hydrogen-bond acceptors (Lipinski definition) is 3. The molecule has 6 nitrogen and oxygen atoms in total. The van der Waals surface area contributed by atoms with Gasteiger partial charge in [0.05, 0.1) is 11.5 Å². The minimum absolute atomic E-state index is 0.226. The van der Waals surface area contributed by atoms with Gasteiger partial charge in [-0.3, -0.25) is 4.79 Å². The number of urea groups is 1. The lowest BCUT2D eigenvalue weighted by Gasteiger charge is -2.26. The van der Waals surface area contributed by atoms with Crippen molar-refractivity contribution in [2.45, 2.75) is 26.4 Å². The van der Waals surface area contributed by atoms with Gasteiger partial charge in [0.1, 0.15) is 0 Å². The SMILES string of the molecule is CC(O)CN(C)C(=O)N1CCC(C)(C(=O)O)C1. The molecule has 0 bridgehead atoms. The first-order valence-electron chi connectivity index (χ1n) is 5.68. The van der Waals surface area contributed by atoms with Crippen LogP contribution in [0.4, 0.5) is 4.79 Å². The number of likely N-dealkylation sites (tertiary alicyclic amines) is 1. The molecular formula is C11H20N2O4. The molecule has 1 aliphatic heterocycles. The summed E-state index contributed by atoms with van der Waals surface area (Å²) in [5.74, 6) is -0.869. The quantitative estimate of drug-likeness (QED) is 0.744. The molecule has 0 saturated carbocycles. The second-order valence-electron chi connectivity index (χ2n) is 5.05. The van der Waals surface area contributed by atoms with Crippen LogP contribution in [0.2, 0.25) is 0 Å². The predicted octanol–water partition coefficient (Wildman–Crippen LogP) is 0.216. The molecule has 1 saturated heterocycles. The Bertz CT molecular complexity index is 319. The average molecular weight is 244 g/mol. The maximum absolute atomic E-state index is 11.9. The van der Waals surface area contributed by atoms with Gasteiger partial charge in [0.15, 0.2) is 0 Å². The van der Waals surface area contributed by atoms with Crippen molar-refractivity contribution in [2.75, 3.05) is 26.7 Å². The third kappa shape index (κ3) is 3.09. The zero-order valence-corrected chi connectivity index (χ0v) is 10.5. The number of amides is 2. The highest BCUT2D eigenvalue weighted by Gasteiger charge is 2.42. The molecule has 2 N–H and O–H groups in total. The van der Waals surface area contributed by atoms with E-state index in [9.17, 15) is 14.7 Å². The first-order valence-corrected chi connectivity index (χ1v) is 5.68. The fourth-order valence-corrected chi connectivity index (χ4v) is 2.01. The van der Waals surface area contributed by atoms with Gasteiger partial charge in [0, 0.05) is 26.7 Å². The Hall–Kier alpha value is -1.30. The summed E-state index contributed by atoms with van der Waals surface area (Å²) in [7, 11) is 1.60. The molecule has 2 atom stereocenters. The van der Waals surface area contributed by atoms with Crippen molar-refractivity contribution in [2.24, 2.45) is 5.41 Å². The number of aliphatic carboxylic acids is 1. The number of nitrogens with zero attached hydrogens (tertiary/aromatic N) is 2. The van der Waals surface area contributed by atoms with E-state index in [1.807, 2.05) is 0 Å². The first kappa shape index (κ1) is 13.8. The average Bonchev–Trinajstić information content (AvgIpc) is 2.60. The second kappa shape index (κ2) is 4.91. The zero-order valence-electron chi connectivity index (χ0n) is 10.5. The lowest BCUT2D eigenvalue weighted by atomic mass is 9.90. The number of carboxylic acid groups (broad SMARTS) is 1. The Morgan fingerprint density at radius 2 is 2.12 bits per heavy atom. The van der Waals surface area contributed by atoms with Gasteiger partial charge in [0.25, 0.3) is 0 Å². The van der Waals surface area contributed by atoms with E-state index in [0.717, 1.165) is 0 Å². The number of aliphatic hydroxyl groups is 1. The topological polar surface area (TPSA) is 81.1 Å². The van der Waals surface area contributed by atoms with Crippen molar-refractivity contribution in [1.29, 1.82) is 0 Å². The number of likely N-dealkylation sites (N-methyl/N-ethyl adjacent to an activating group) is 1. The van der Waals surface area contributed by atoms with E-state index < -0.39 is 17.5 Å². The Morgan fingerprint density at radius 3 is 2.53 bits per heavy atom. The number of carboxylic acids is 1. The summed E-state index contributed by atoms with van der Waals surface area (Å²) >= 11 is 0. The molecular weight excluding hydrogens is 224 g/mol. The van der Waals surface area contributed by atoms with E-state index >= 15 is 0 Å². The van der Waals surface area contributed by atoms with Crippen LogP contribution in [0.5, 0.6) is 0 Å². The van der Waals surface area contributed by atoms with E-state index in [1.54, 1.807) is 20.9 Å². The van der Waals surface area contributed by atoms with Crippen molar-refractivity contribution < 1.29 is 19.8 Å². The lowest BCUT2D eigenvalue weighted by molar-refractivity contribution is -0.147. The molecule has 1 heterocycles. The van der Waals surface area contributed by atoms with Gasteiger partial charge in [-0.25, -0.2) is 4.79 Å². The van der Waals surface area contributed by atoms with E-state index in [4.69, 9.17) is 5.11 Å². The summed E-state index contributed by atoms with van der Waals surface area (Å²) in [6.07, 6.45) is -0.117. The molecule has 2 unspecified atom stereocenters. The smallest absolute Gasteiger partial charge is 0.319 e. The van der Waals surface area contributed by atoms with Gasteiger partial charge in [-0.15, -0.1) is 0 Å². The summed E-state index contributed by atoms with van der Waals surface area (Å²) in [6.45, 7) is 4.18. The molecule has 2 amide bonds. The Labute approximate surface area is 101 Å². The van der Waals surface area contributed by atoms with Crippen LogP contribution in [0.1, 0.15) is 20.3 Å². The number of aliphatic hydroxyl groups excluding tert-OH is 1. The van der Waals surface area contributed by atoms with Crippen molar-refractivity contribution >= 4 is 12.0 Å². The number of rotatable bonds is 3. The Kier molecular flexibility index (Phi) is 3.98. The number of carbonyl (C=O) groups is 2. The fraction of sp³-hybridized carbons (Fsp3) is 0.818. The van der Waals surface area contributed by atoms with Crippen molar-refractivity contribution in [3.05, 3.63) is 0 Å². The number of hydrogen-bond donors (Lipinski definition) is 2. The van der Waals surface area contributed by atoms with Crippen LogP contribution in [0.15, 0.2) is 0 Å². The van der Waals surface area contributed by atoms with Gasteiger partial charge >= 0.3 is 12.0 Å². The van der Waals surface area contributed by atoms with Crippen molar-refractivity contribution in [1.82, 2.24) is 9.80 Å². The van der Waals surface area contributed by atoms with Crippen molar-refractivity contribution in [3.63, 3.8) is 0 Å². The van der Waals surface area contributed by atoms with E-state index in [1.165, 1.54) is 9.80 Å². The van der Waals surface area contributed by atoms with Crippen molar-refractivity contribution in [3.8, 4) is 0 Å². The standard InChI is InChI=1S/C11H20N2O4/c1-8(14)6-12(3)10(17)13-5-4-11(2,7-13)9(15)16/h8,14H,4-7H2,1-3H3,(H,15,16). The zero-order chi connectivity index (χ0) is 13.2. The van der Waals surface area contributed by atoms with Crippen LogP contribution in [0, 0.1) is 5.41 Å². The molecule has 1 aliphatic rings. The Balaban J connectivity index is 2.59. The highest BCUT2D eigenvalue weighted by atomic mass is 16.4. The van der Waals surface area contributed by atoms with Gasteiger partial charge < -0.3 is 20.0 Å². The number of carbonyl (C=O) groups excluding carboxylic acids is 1. The lowest BCUT2D eigenvalue weighted by Crippen LogP contribution is -2.44. The van der Waals surface area contributed by atoms with Crippen LogP contribution >= 0.6 is 0 Å². The minimum Gasteiger partial charge on any atom is -0.481 e. The molecule has 6 heteroatoms. The van der Waals surface area contributed by atoms with Crippen LogP contribution < -0.4 is 0 Å². The summed E-state index contributed by atoms with van der Waals surface area (Å²) in [6, 6.07) is -0.226. The molecule has 0 aromatic heterocycles. The summed E-state index contributed by atoms with van der Waals surface area (Å²) < 4.78 is 0. The maximum atomic E-state index is 11.9. The van der Waals surface area contributed by atoms with E-state index in [-0.39, 0.29) is 19.1 Å². The minimum atomic E-state index is -0.869. The molecule has 0 aliphatic carbocycles. The van der Waals surface area contributed by atoms with Crippen LogP contribution in [-0.2, 0) is 4.79 Å². The van der Waals surface area contributed by atoms with Gasteiger partial charge in [-0.1, -0.05) is 0 Å². The molecule has 1 rings (SSSR count). The first-order chi connectivity index (χ1) is 7.76. The molecule has 0 spiro atoms. The highest BCUT2D eigenvalue weighted by molar-refractivity contribution is 5.79. The van der Waals surface area contributed by atoms with E-state index in [0.29, 0.717) is 13.0 Å². The molecule has 0 radical (unpaired) electrons. The summed E-state index contributed by atoms with van der Waals surface area (Å²) in [5.41, 5.74) is -0.846. The van der Waals surface area contributed by atoms with Gasteiger partial charge in [-0.2, -0.15) is 0 Å². The summed E-state index contributed by atoms with van der Waals surface area (Å²) in [5, 5.41) is 18.3. The fourth-order valence-electron chi connectivity index (χ4n) is 2.01. The second-order valence-corrected chi connectivity index (χ2v) is 5.05. The largest absolute Gasteiger partial charge is 0.481 e. The van der Waals surface area contributed by atoms with Crippen LogP contribution in [0.25, 0.3) is 0 Å². The highest BCUT2D eigenvalue weighted by Crippen LogP contribution is 2.30. The third-order valence-corrected chi connectivity index (χ3v) is 3.12. The summed E-state index contributed by atoms with van der Waals surface area (Å²) in [4.78, 5) is 25.9. The molecule has 0 aromatic rings. The molecule has 17 heavy (non-hydrogen) atoms. The van der Waals surface area contributed by atoms with Crippen LogP contribution in [0.3, 0.4) is 0 Å².